The predicted molar refractivity (Wildman–Crippen MR) is 119 cm³/mol. The molecule has 3 aromatic carbocycles. The van der Waals surface area contributed by atoms with Crippen molar-refractivity contribution >= 4 is 54.9 Å². The number of amides is 1. The molecule has 29 heavy (non-hydrogen) atoms. The molecule has 0 aliphatic heterocycles. The maximum Gasteiger partial charge on any atom is 0.256 e. The van der Waals surface area contributed by atoms with Gasteiger partial charge in [0, 0.05) is 17.4 Å². The van der Waals surface area contributed by atoms with Crippen LogP contribution in [0.5, 0.6) is 0 Å². The van der Waals surface area contributed by atoms with E-state index < -0.39 is 0 Å². The van der Waals surface area contributed by atoms with Gasteiger partial charge in [-0.05, 0) is 53.2 Å². The van der Waals surface area contributed by atoms with Gasteiger partial charge in [-0.25, -0.2) is 9.97 Å². The molecule has 0 saturated heterocycles. The lowest BCUT2D eigenvalue weighted by molar-refractivity contribution is 0.102. The Bertz CT molecular complexity index is 1330. The largest absolute Gasteiger partial charge is 0.332 e. The lowest BCUT2D eigenvalue weighted by atomic mass is 10.1. The van der Waals surface area contributed by atoms with Crippen LogP contribution in [0.4, 0.5) is 16.6 Å². The summed E-state index contributed by atoms with van der Waals surface area (Å²) in [7, 11) is 0. The zero-order valence-corrected chi connectivity index (χ0v) is 16.1. The Morgan fingerprint density at radius 1 is 0.862 bits per heavy atom. The Morgan fingerprint density at radius 3 is 2.59 bits per heavy atom. The van der Waals surface area contributed by atoms with E-state index in [1.54, 1.807) is 18.3 Å². The van der Waals surface area contributed by atoms with E-state index in [0.717, 1.165) is 21.0 Å². The van der Waals surface area contributed by atoms with Crippen molar-refractivity contribution < 1.29 is 4.79 Å². The van der Waals surface area contributed by atoms with Gasteiger partial charge in [-0.2, -0.15) is 0 Å². The third-order valence-electron chi connectivity index (χ3n) is 4.56. The molecule has 5 aromatic rings. The smallest absolute Gasteiger partial charge is 0.256 e. The van der Waals surface area contributed by atoms with Crippen LogP contribution in [0.1, 0.15) is 10.4 Å². The van der Waals surface area contributed by atoms with Crippen molar-refractivity contribution in [2.24, 2.45) is 0 Å². The summed E-state index contributed by atoms with van der Waals surface area (Å²) < 4.78 is 0.946. The molecule has 0 radical (unpaired) electrons. The molecule has 0 aliphatic carbocycles. The molecule has 0 unspecified atom stereocenters. The van der Waals surface area contributed by atoms with Crippen molar-refractivity contribution in [3.63, 3.8) is 0 Å². The molecule has 0 spiro atoms. The van der Waals surface area contributed by atoms with Crippen LogP contribution in [-0.2, 0) is 0 Å². The van der Waals surface area contributed by atoms with Gasteiger partial charge >= 0.3 is 0 Å². The Hall–Kier alpha value is -3.77. The molecular weight excluding hydrogens is 380 g/mol. The number of hydrogen-bond donors (Lipinski definition) is 2. The number of nitrogens with one attached hydrogen (secondary N) is 2. The van der Waals surface area contributed by atoms with Gasteiger partial charge in [-0.3, -0.25) is 4.79 Å². The number of carbonyl (C=O) groups is 1. The molecule has 0 atom stereocenters. The summed E-state index contributed by atoms with van der Waals surface area (Å²) in [6, 6.07) is 25.4. The van der Waals surface area contributed by atoms with Crippen molar-refractivity contribution in [2.45, 2.75) is 0 Å². The molecule has 0 saturated carbocycles. The maximum absolute atomic E-state index is 12.5. The highest BCUT2D eigenvalue weighted by Crippen LogP contribution is 2.30. The van der Waals surface area contributed by atoms with E-state index in [1.165, 1.54) is 22.1 Å². The third kappa shape index (κ3) is 3.66. The average molecular weight is 396 g/mol. The molecule has 140 valence electrons. The highest BCUT2D eigenvalue weighted by molar-refractivity contribution is 7.22. The van der Waals surface area contributed by atoms with Gasteiger partial charge in [0.25, 0.3) is 5.91 Å². The van der Waals surface area contributed by atoms with Crippen LogP contribution < -0.4 is 10.6 Å². The van der Waals surface area contributed by atoms with Crippen molar-refractivity contribution in [2.75, 3.05) is 10.6 Å². The Morgan fingerprint density at radius 2 is 1.72 bits per heavy atom. The van der Waals surface area contributed by atoms with Crippen molar-refractivity contribution in [1.29, 1.82) is 0 Å². The first-order valence-electron chi connectivity index (χ1n) is 9.13. The van der Waals surface area contributed by atoms with Gasteiger partial charge in [-0.1, -0.05) is 47.7 Å². The first kappa shape index (κ1) is 17.3. The third-order valence-corrected chi connectivity index (χ3v) is 5.49. The van der Waals surface area contributed by atoms with Gasteiger partial charge in [-0.15, -0.1) is 0 Å². The number of anilines is 3. The van der Waals surface area contributed by atoms with Gasteiger partial charge in [0.15, 0.2) is 5.13 Å². The molecule has 0 fully saturated rings. The molecule has 1 amide bonds. The monoisotopic (exact) mass is 396 g/mol. The molecule has 2 heterocycles. The fourth-order valence-corrected chi connectivity index (χ4v) is 4.06. The van der Waals surface area contributed by atoms with Gasteiger partial charge in [0.05, 0.1) is 10.2 Å². The number of carbonyl (C=O) groups excluding carboxylic acids is 1. The Balaban J connectivity index is 1.39. The molecule has 5 rings (SSSR count). The minimum absolute atomic E-state index is 0.192. The standard InChI is InChI=1S/C23H16N4OS/c28-22(27-21-7-3-4-12-24-21)17-9-11-19-20(14-17)29-23(26-19)25-18-10-8-15-5-1-2-6-16(15)13-18/h1-14H,(H,25,26)(H,24,27,28). The fourth-order valence-electron chi connectivity index (χ4n) is 3.14. The van der Waals surface area contributed by atoms with E-state index in [1.807, 2.05) is 42.5 Å². The first-order chi connectivity index (χ1) is 14.2. The SMILES string of the molecule is O=C(Nc1ccccn1)c1ccc2nc(Nc3ccc4ccccc4c3)sc2c1. The molecule has 5 nitrogen and oxygen atoms in total. The van der Waals surface area contributed by atoms with Crippen molar-refractivity contribution in [1.82, 2.24) is 9.97 Å². The van der Waals surface area contributed by atoms with Crippen molar-refractivity contribution in [3.8, 4) is 0 Å². The number of rotatable bonds is 4. The van der Waals surface area contributed by atoms with Crippen LogP contribution in [-0.4, -0.2) is 15.9 Å². The Kier molecular flexibility index (Phi) is 4.38. The summed E-state index contributed by atoms with van der Waals surface area (Å²) >= 11 is 1.52. The second-order valence-electron chi connectivity index (χ2n) is 6.56. The fraction of sp³-hybridized carbons (Fsp3) is 0. The molecule has 0 bridgehead atoms. The van der Waals surface area contributed by atoms with Gasteiger partial charge < -0.3 is 10.6 Å². The lowest BCUT2D eigenvalue weighted by Crippen LogP contribution is -2.12. The summed E-state index contributed by atoms with van der Waals surface area (Å²) in [6.07, 6.45) is 1.65. The Labute approximate surface area is 171 Å². The van der Waals surface area contributed by atoms with Crippen molar-refractivity contribution in [3.05, 3.63) is 90.6 Å². The molecule has 6 heteroatoms. The summed E-state index contributed by atoms with van der Waals surface area (Å²) in [6.45, 7) is 0. The van der Waals surface area contributed by atoms with E-state index in [4.69, 9.17) is 0 Å². The average Bonchev–Trinajstić information content (AvgIpc) is 3.15. The predicted octanol–water partition coefficient (Wildman–Crippen LogP) is 5.84. The first-order valence-corrected chi connectivity index (χ1v) is 9.95. The minimum Gasteiger partial charge on any atom is -0.332 e. The second-order valence-corrected chi connectivity index (χ2v) is 7.59. The van der Waals surface area contributed by atoms with E-state index >= 15 is 0 Å². The quantitative estimate of drug-likeness (QED) is 0.400. The van der Waals surface area contributed by atoms with Crippen LogP contribution in [0.25, 0.3) is 21.0 Å². The number of pyridine rings is 1. The number of nitrogens with zero attached hydrogens (tertiary/aromatic N) is 2. The zero-order chi connectivity index (χ0) is 19.6. The lowest BCUT2D eigenvalue weighted by Gasteiger charge is -2.04. The van der Waals surface area contributed by atoms with E-state index in [2.05, 4.69) is 44.9 Å². The summed E-state index contributed by atoms with van der Waals surface area (Å²) in [4.78, 5) is 21.3. The molecular formula is C23H16N4OS. The summed E-state index contributed by atoms with van der Waals surface area (Å²) in [5.41, 5.74) is 2.41. The van der Waals surface area contributed by atoms with E-state index in [9.17, 15) is 4.79 Å². The molecule has 2 aromatic heterocycles. The zero-order valence-electron chi connectivity index (χ0n) is 15.3. The second kappa shape index (κ2) is 7.33. The highest BCUT2D eigenvalue weighted by Gasteiger charge is 2.11. The summed E-state index contributed by atoms with van der Waals surface area (Å²) in [5.74, 6) is 0.337. The van der Waals surface area contributed by atoms with Crippen LogP contribution in [0.15, 0.2) is 85.1 Å². The molecule has 2 N–H and O–H groups in total. The highest BCUT2D eigenvalue weighted by atomic mass is 32.1. The van der Waals surface area contributed by atoms with Crippen LogP contribution >= 0.6 is 11.3 Å². The number of thiazole rings is 1. The van der Waals surface area contributed by atoms with Gasteiger partial charge in [0.1, 0.15) is 5.82 Å². The molecule has 0 aliphatic rings. The number of aromatic nitrogens is 2. The normalized spacial score (nSPS) is 10.9. The van der Waals surface area contributed by atoms with E-state index in [-0.39, 0.29) is 5.91 Å². The van der Waals surface area contributed by atoms with Crippen LogP contribution in [0, 0.1) is 0 Å². The van der Waals surface area contributed by atoms with Gasteiger partial charge in [0.2, 0.25) is 0 Å². The van der Waals surface area contributed by atoms with Crippen LogP contribution in [0.3, 0.4) is 0 Å². The number of benzene rings is 3. The topological polar surface area (TPSA) is 66.9 Å². The maximum atomic E-state index is 12.5. The number of hydrogen-bond acceptors (Lipinski definition) is 5. The minimum atomic E-state index is -0.192. The summed E-state index contributed by atoms with van der Waals surface area (Å²) in [5, 5.41) is 9.34. The number of fused-ring (bicyclic) bond motifs is 2. The van der Waals surface area contributed by atoms with Crippen LogP contribution in [0.2, 0.25) is 0 Å². The van der Waals surface area contributed by atoms with E-state index in [0.29, 0.717) is 11.4 Å².